The van der Waals surface area contributed by atoms with Crippen LogP contribution in [-0.4, -0.2) is 45.7 Å². The molecule has 0 spiro atoms. The summed E-state index contributed by atoms with van der Waals surface area (Å²) in [5, 5.41) is 16.8. The zero-order valence-electron chi connectivity index (χ0n) is 21.5. The molecule has 0 bridgehead atoms. The highest BCUT2D eigenvalue weighted by molar-refractivity contribution is 6.32. The second-order valence-corrected chi connectivity index (χ2v) is 9.60. The van der Waals surface area contributed by atoms with E-state index in [0.29, 0.717) is 47.6 Å². The summed E-state index contributed by atoms with van der Waals surface area (Å²) in [7, 11) is 1.57. The van der Waals surface area contributed by atoms with Gasteiger partial charge in [-0.2, -0.15) is 4.98 Å². The molecule has 1 aliphatic rings. The Hall–Kier alpha value is -4.21. The molecular formula is C29H29ClN6O3. The molecule has 0 unspecified atom stereocenters. The van der Waals surface area contributed by atoms with Crippen LogP contribution >= 0.6 is 11.6 Å². The van der Waals surface area contributed by atoms with Crippen LogP contribution in [-0.2, 0) is 26.1 Å². The highest BCUT2D eigenvalue weighted by Gasteiger charge is 2.28. The van der Waals surface area contributed by atoms with Crippen molar-refractivity contribution in [1.82, 2.24) is 20.3 Å². The number of anilines is 2. The lowest BCUT2D eigenvalue weighted by Crippen LogP contribution is -2.44. The Morgan fingerprint density at radius 3 is 2.67 bits per heavy atom. The standard InChI is InChI=1S/C29H29ClN6O3/c1-39-26-10-9-19(12-25(26)30)14-32-27-24(28(38)33-15-22-8-4-5-11-31-22)16-34-29(35-27)36-17-21-7-3-2-6-20(21)13-23(36)18-37/h2-12,16,23,37H,13-15,17-18H2,1H3,(H,33,38)(H,32,34,35)/t23-/m1/s1. The molecular weight excluding hydrogens is 516 g/mol. The lowest BCUT2D eigenvalue weighted by molar-refractivity contribution is 0.0950. The smallest absolute Gasteiger partial charge is 0.256 e. The van der Waals surface area contributed by atoms with E-state index in [2.05, 4.69) is 32.7 Å². The van der Waals surface area contributed by atoms with Gasteiger partial charge in [0.25, 0.3) is 5.91 Å². The number of nitrogens with zero attached hydrogens (tertiary/aromatic N) is 4. The van der Waals surface area contributed by atoms with Crippen LogP contribution < -0.4 is 20.3 Å². The van der Waals surface area contributed by atoms with E-state index < -0.39 is 0 Å². The summed E-state index contributed by atoms with van der Waals surface area (Å²) in [5.41, 5.74) is 4.29. The third-order valence-electron chi connectivity index (χ3n) is 6.68. The number of carbonyl (C=O) groups is 1. The van der Waals surface area contributed by atoms with E-state index in [9.17, 15) is 9.90 Å². The Balaban J connectivity index is 1.43. The maximum absolute atomic E-state index is 13.2. The number of aliphatic hydroxyl groups is 1. The predicted octanol–water partition coefficient (Wildman–Crippen LogP) is 4.00. The Morgan fingerprint density at radius 2 is 1.92 bits per heavy atom. The van der Waals surface area contributed by atoms with Crippen LogP contribution in [0.25, 0.3) is 0 Å². The molecule has 3 heterocycles. The van der Waals surface area contributed by atoms with E-state index in [1.807, 2.05) is 41.3 Å². The zero-order chi connectivity index (χ0) is 27.2. The fraction of sp³-hybridized carbons (Fsp3) is 0.241. The Labute approximate surface area is 231 Å². The predicted molar refractivity (Wildman–Crippen MR) is 150 cm³/mol. The fourth-order valence-corrected chi connectivity index (χ4v) is 4.85. The van der Waals surface area contributed by atoms with Gasteiger partial charge in [-0.1, -0.05) is 48.0 Å². The number of aromatic nitrogens is 3. The first-order valence-corrected chi connectivity index (χ1v) is 13.0. The second-order valence-electron chi connectivity index (χ2n) is 9.20. The molecule has 0 fully saturated rings. The minimum atomic E-state index is -0.329. The molecule has 0 saturated heterocycles. The van der Waals surface area contributed by atoms with Gasteiger partial charge in [-0.25, -0.2) is 4.98 Å². The number of fused-ring (bicyclic) bond motifs is 1. The number of benzene rings is 2. The molecule has 1 aliphatic heterocycles. The number of methoxy groups -OCH3 is 1. The van der Waals surface area contributed by atoms with Crippen LogP contribution in [0.5, 0.6) is 5.75 Å². The number of pyridine rings is 1. The third kappa shape index (κ3) is 6.10. The van der Waals surface area contributed by atoms with Gasteiger partial charge in [-0.15, -0.1) is 0 Å². The summed E-state index contributed by atoms with van der Waals surface area (Å²) in [6, 6.07) is 19.0. The lowest BCUT2D eigenvalue weighted by atomic mass is 9.94. The first-order chi connectivity index (χ1) is 19.1. The number of ether oxygens (including phenoxy) is 1. The molecule has 2 aromatic heterocycles. The van der Waals surface area contributed by atoms with Crippen LogP contribution in [0, 0.1) is 0 Å². The van der Waals surface area contributed by atoms with Crippen molar-refractivity contribution >= 4 is 29.3 Å². The fourth-order valence-electron chi connectivity index (χ4n) is 4.57. The van der Waals surface area contributed by atoms with Crippen LogP contribution in [0.15, 0.2) is 73.1 Å². The first kappa shape index (κ1) is 26.4. The monoisotopic (exact) mass is 544 g/mol. The number of halogens is 1. The van der Waals surface area contributed by atoms with E-state index in [1.54, 1.807) is 25.4 Å². The molecule has 1 amide bonds. The van der Waals surface area contributed by atoms with Gasteiger partial charge in [0.15, 0.2) is 0 Å². The van der Waals surface area contributed by atoms with Gasteiger partial charge in [0.1, 0.15) is 17.1 Å². The number of hydrogen-bond acceptors (Lipinski definition) is 8. The summed E-state index contributed by atoms with van der Waals surface area (Å²) in [4.78, 5) is 28.8. The molecule has 200 valence electrons. The van der Waals surface area contributed by atoms with Gasteiger partial charge >= 0.3 is 0 Å². The number of hydrogen-bond donors (Lipinski definition) is 3. The van der Waals surface area contributed by atoms with E-state index in [1.165, 1.54) is 11.8 Å². The van der Waals surface area contributed by atoms with Crippen molar-refractivity contribution in [3.05, 3.63) is 106 Å². The van der Waals surface area contributed by atoms with Crippen LogP contribution in [0.1, 0.15) is 32.7 Å². The first-order valence-electron chi connectivity index (χ1n) is 12.6. The molecule has 4 aromatic rings. The summed E-state index contributed by atoms with van der Waals surface area (Å²) < 4.78 is 5.25. The van der Waals surface area contributed by atoms with Crippen molar-refractivity contribution in [2.75, 3.05) is 23.9 Å². The zero-order valence-corrected chi connectivity index (χ0v) is 22.2. The number of rotatable bonds is 9. The SMILES string of the molecule is COc1ccc(CNc2nc(N3Cc4ccccc4C[C@@H]3CO)ncc2C(=O)NCc2ccccn2)cc1Cl. The Morgan fingerprint density at radius 1 is 1.10 bits per heavy atom. The number of amides is 1. The molecule has 10 heteroatoms. The molecule has 0 saturated carbocycles. The van der Waals surface area contributed by atoms with Gasteiger partial charge in [-0.05, 0) is 47.4 Å². The lowest BCUT2D eigenvalue weighted by Gasteiger charge is -2.36. The van der Waals surface area contributed by atoms with Gasteiger partial charge < -0.3 is 25.4 Å². The van der Waals surface area contributed by atoms with E-state index >= 15 is 0 Å². The van der Waals surface area contributed by atoms with Crippen LogP contribution in [0.3, 0.4) is 0 Å². The van der Waals surface area contributed by atoms with Gasteiger partial charge in [0.05, 0.1) is 37.0 Å². The molecule has 39 heavy (non-hydrogen) atoms. The molecule has 1 atom stereocenters. The summed E-state index contributed by atoms with van der Waals surface area (Å²) in [6.07, 6.45) is 3.88. The van der Waals surface area contributed by atoms with Crippen molar-refractivity contribution in [2.24, 2.45) is 0 Å². The Bertz CT molecular complexity index is 1450. The average molecular weight is 545 g/mol. The van der Waals surface area contributed by atoms with Crippen molar-refractivity contribution in [1.29, 1.82) is 0 Å². The minimum Gasteiger partial charge on any atom is -0.495 e. The van der Waals surface area contributed by atoms with Crippen molar-refractivity contribution in [3.63, 3.8) is 0 Å². The molecule has 9 nitrogen and oxygen atoms in total. The van der Waals surface area contributed by atoms with Crippen LogP contribution in [0.4, 0.5) is 11.8 Å². The van der Waals surface area contributed by atoms with Gasteiger partial charge in [0, 0.05) is 25.5 Å². The van der Waals surface area contributed by atoms with Crippen molar-refractivity contribution in [2.45, 2.75) is 32.1 Å². The number of carbonyl (C=O) groups excluding carboxylic acids is 1. The quantitative estimate of drug-likeness (QED) is 0.290. The third-order valence-corrected chi connectivity index (χ3v) is 6.97. The van der Waals surface area contributed by atoms with Gasteiger partial charge in [-0.3, -0.25) is 9.78 Å². The van der Waals surface area contributed by atoms with E-state index in [0.717, 1.165) is 16.8 Å². The average Bonchev–Trinajstić information content (AvgIpc) is 2.98. The summed E-state index contributed by atoms with van der Waals surface area (Å²) >= 11 is 6.31. The molecule has 2 aromatic carbocycles. The topological polar surface area (TPSA) is 113 Å². The minimum absolute atomic E-state index is 0.0445. The number of nitrogens with one attached hydrogen (secondary N) is 2. The Kier molecular flexibility index (Phi) is 8.19. The maximum atomic E-state index is 13.2. The molecule has 5 rings (SSSR count). The van der Waals surface area contributed by atoms with E-state index in [4.69, 9.17) is 21.3 Å². The summed E-state index contributed by atoms with van der Waals surface area (Å²) in [5.74, 6) is 1.06. The van der Waals surface area contributed by atoms with Crippen molar-refractivity contribution in [3.8, 4) is 5.75 Å². The van der Waals surface area contributed by atoms with E-state index in [-0.39, 0.29) is 25.1 Å². The van der Waals surface area contributed by atoms with Crippen molar-refractivity contribution < 1.29 is 14.6 Å². The largest absolute Gasteiger partial charge is 0.495 e. The normalized spacial score (nSPS) is 14.4. The maximum Gasteiger partial charge on any atom is 0.256 e. The number of aliphatic hydroxyl groups excluding tert-OH is 1. The highest BCUT2D eigenvalue weighted by atomic mass is 35.5. The van der Waals surface area contributed by atoms with Gasteiger partial charge in [0.2, 0.25) is 5.95 Å². The second kappa shape index (κ2) is 12.1. The molecule has 0 aliphatic carbocycles. The molecule has 3 N–H and O–H groups in total. The highest BCUT2D eigenvalue weighted by Crippen LogP contribution is 2.29. The molecule has 0 radical (unpaired) electrons. The summed E-state index contributed by atoms with van der Waals surface area (Å²) in [6.45, 7) is 1.15. The van der Waals surface area contributed by atoms with Crippen LogP contribution in [0.2, 0.25) is 5.02 Å².